The van der Waals surface area contributed by atoms with E-state index in [0.29, 0.717) is 16.4 Å². The quantitative estimate of drug-likeness (QED) is 0.504. The van der Waals surface area contributed by atoms with E-state index in [0.717, 1.165) is 28.5 Å². The van der Waals surface area contributed by atoms with Crippen molar-refractivity contribution >= 4 is 40.8 Å². The zero-order valence-electron chi connectivity index (χ0n) is 16.8. The van der Waals surface area contributed by atoms with E-state index in [9.17, 15) is 4.79 Å². The molecule has 1 amide bonds. The van der Waals surface area contributed by atoms with Crippen LogP contribution in [0.3, 0.4) is 0 Å². The van der Waals surface area contributed by atoms with Crippen molar-refractivity contribution < 1.29 is 9.53 Å². The van der Waals surface area contributed by atoms with Crippen LogP contribution in [0, 0.1) is 0 Å². The fourth-order valence-electron chi connectivity index (χ4n) is 3.30. The number of H-pyrrole nitrogens is 1. The van der Waals surface area contributed by atoms with Gasteiger partial charge in [0, 0.05) is 27.7 Å². The molecule has 0 saturated carbocycles. The maximum absolute atomic E-state index is 12.7. The highest BCUT2D eigenvalue weighted by Gasteiger charge is 2.23. The first kappa shape index (κ1) is 19.9. The predicted molar refractivity (Wildman–Crippen MR) is 123 cm³/mol. The van der Waals surface area contributed by atoms with Gasteiger partial charge in [0.2, 0.25) is 0 Å². The minimum Gasteiger partial charge on any atom is -0.491 e. The third kappa shape index (κ3) is 4.11. The van der Waals surface area contributed by atoms with Gasteiger partial charge in [0.15, 0.2) is 0 Å². The number of halogens is 1. The summed E-state index contributed by atoms with van der Waals surface area (Å²) in [6.45, 7) is 8.13. The number of hydrogen-bond acceptors (Lipinski definition) is 3. The number of amides is 1. The second-order valence-electron chi connectivity index (χ2n) is 7.27. The third-order valence-electron chi connectivity index (χ3n) is 4.59. The number of fused-ring (bicyclic) bond motifs is 1. The monoisotopic (exact) mass is 419 g/mol. The molecule has 0 unspecified atom stereocenters. The molecule has 1 aliphatic heterocycles. The second-order valence-corrected chi connectivity index (χ2v) is 7.71. The lowest BCUT2D eigenvalue weighted by molar-refractivity contribution is 0.102. The van der Waals surface area contributed by atoms with Gasteiger partial charge in [0.25, 0.3) is 5.91 Å². The van der Waals surface area contributed by atoms with E-state index in [1.165, 1.54) is 0 Å². The topological polar surface area (TPSA) is 57.4 Å². The van der Waals surface area contributed by atoms with Gasteiger partial charge in [-0.15, -0.1) is 0 Å². The zero-order chi connectivity index (χ0) is 21.3. The number of anilines is 3. The summed E-state index contributed by atoms with van der Waals surface area (Å²) in [5, 5.41) is 3.43. The zero-order valence-corrected chi connectivity index (χ0v) is 17.5. The maximum atomic E-state index is 12.7. The number of nitrogens with one attached hydrogen (secondary N) is 2. The van der Waals surface area contributed by atoms with Crippen molar-refractivity contribution in [3.8, 4) is 5.75 Å². The number of carbonyl (C=O) groups excluding carboxylic acids is 1. The fraction of sp³-hybridized carbons (Fsp3) is 0.125. The van der Waals surface area contributed by atoms with Gasteiger partial charge in [-0.2, -0.15) is 0 Å². The molecule has 2 aromatic carbocycles. The van der Waals surface area contributed by atoms with Gasteiger partial charge >= 0.3 is 0 Å². The van der Waals surface area contributed by atoms with Crippen LogP contribution in [0.4, 0.5) is 17.2 Å². The molecule has 2 heterocycles. The molecule has 0 atom stereocenters. The van der Waals surface area contributed by atoms with Gasteiger partial charge in [0.1, 0.15) is 17.3 Å². The van der Waals surface area contributed by atoms with Crippen LogP contribution in [0.1, 0.15) is 29.9 Å². The highest BCUT2D eigenvalue weighted by Crippen LogP contribution is 2.37. The Kier molecular flexibility index (Phi) is 5.38. The molecule has 1 aliphatic rings. The Morgan fingerprint density at radius 2 is 1.90 bits per heavy atom. The molecule has 6 heteroatoms. The highest BCUT2D eigenvalue weighted by molar-refractivity contribution is 6.31. The number of ether oxygens (including phenoxy) is 1. The lowest BCUT2D eigenvalue weighted by atomic mass is 10.1. The summed E-state index contributed by atoms with van der Waals surface area (Å²) in [7, 11) is 0. The smallest absolute Gasteiger partial charge is 0.272 e. The molecule has 0 radical (unpaired) electrons. The Morgan fingerprint density at radius 3 is 2.60 bits per heavy atom. The Balaban J connectivity index is 1.61. The van der Waals surface area contributed by atoms with Gasteiger partial charge in [-0.3, -0.25) is 9.69 Å². The Morgan fingerprint density at radius 1 is 1.13 bits per heavy atom. The Labute approximate surface area is 180 Å². The first-order valence-electron chi connectivity index (χ1n) is 9.64. The number of allylic oxidation sites excluding steroid dienone is 1. The first-order valence-corrected chi connectivity index (χ1v) is 10.0. The van der Waals surface area contributed by atoms with Crippen LogP contribution in [0.15, 0.2) is 72.9 Å². The molecule has 3 aromatic rings. The van der Waals surface area contributed by atoms with Crippen LogP contribution in [-0.4, -0.2) is 17.0 Å². The van der Waals surface area contributed by atoms with Gasteiger partial charge in [-0.25, -0.2) is 0 Å². The average molecular weight is 420 g/mol. The van der Waals surface area contributed by atoms with Crippen LogP contribution in [0.2, 0.25) is 5.02 Å². The average Bonchev–Trinajstić information content (AvgIpc) is 3.13. The number of rotatable bonds is 5. The van der Waals surface area contributed by atoms with E-state index in [1.807, 2.05) is 61.2 Å². The predicted octanol–water partition coefficient (Wildman–Crippen LogP) is 6.39. The van der Waals surface area contributed by atoms with Gasteiger partial charge < -0.3 is 15.0 Å². The summed E-state index contributed by atoms with van der Waals surface area (Å²) >= 11 is 6.01. The molecule has 1 aromatic heterocycles. The van der Waals surface area contributed by atoms with Crippen LogP contribution in [0.25, 0.3) is 6.08 Å². The van der Waals surface area contributed by atoms with Crippen LogP contribution >= 0.6 is 11.6 Å². The summed E-state index contributed by atoms with van der Waals surface area (Å²) in [5.74, 6) is 1.35. The maximum Gasteiger partial charge on any atom is 0.272 e. The molecule has 0 fully saturated rings. The Bertz CT molecular complexity index is 1130. The molecule has 152 valence electrons. The van der Waals surface area contributed by atoms with E-state index < -0.39 is 0 Å². The number of aromatic nitrogens is 1. The van der Waals surface area contributed by atoms with Crippen molar-refractivity contribution in [2.45, 2.75) is 20.0 Å². The summed E-state index contributed by atoms with van der Waals surface area (Å²) < 4.78 is 5.73. The molecule has 30 heavy (non-hydrogen) atoms. The second kappa shape index (κ2) is 8.13. The van der Waals surface area contributed by atoms with E-state index in [2.05, 4.69) is 16.9 Å². The van der Waals surface area contributed by atoms with Crippen molar-refractivity contribution in [1.29, 1.82) is 0 Å². The SMILES string of the molecule is C=C1C=Cc2cc(C(=O)Nc3cccc(Cl)c3)[nH]c2N1c1ccc(OC(C)C)cc1. The normalized spacial score (nSPS) is 12.8. The minimum atomic E-state index is -0.244. The summed E-state index contributed by atoms with van der Waals surface area (Å²) in [6.07, 6.45) is 3.98. The molecular weight excluding hydrogens is 398 g/mol. The summed E-state index contributed by atoms with van der Waals surface area (Å²) in [5.41, 5.74) is 3.71. The van der Waals surface area contributed by atoms with Crippen LogP contribution in [-0.2, 0) is 0 Å². The van der Waals surface area contributed by atoms with Crippen molar-refractivity contribution in [3.05, 3.63) is 89.2 Å². The lowest BCUT2D eigenvalue weighted by Crippen LogP contribution is -2.18. The molecular formula is C24H22ClN3O2. The molecule has 5 nitrogen and oxygen atoms in total. The summed E-state index contributed by atoms with van der Waals surface area (Å²) in [6, 6.07) is 16.7. The van der Waals surface area contributed by atoms with Crippen molar-refractivity contribution in [3.63, 3.8) is 0 Å². The van der Waals surface area contributed by atoms with E-state index in [4.69, 9.17) is 16.3 Å². The van der Waals surface area contributed by atoms with Gasteiger partial charge in [-0.1, -0.05) is 24.2 Å². The number of carbonyl (C=O) groups is 1. The van der Waals surface area contributed by atoms with Crippen molar-refractivity contribution in [1.82, 2.24) is 4.98 Å². The third-order valence-corrected chi connectivity index (χ3v) is 4.82. The fourth-order valence-corrected chi connectivity index (χ4v) is 3.49. The van der Waals surface area contributed by atoms with Gasteiger partial charge in [0.05, 0.1) is 6.10 Å². The molecule has 2 N–H and O–H groups in total. The Hall–Kier alpha value is -3.44. The minimum absolute atomic E-state index is 0.110. The van der Waals surface area contributed by atoms with Crippen LogP contribution < -0.4 is 15.0 Å². The standard InChI is InChI=1S/C24H22ClN3O2/c1-15(2)30-21-11-9-20(10-12-21)28-16(3)7-8-17-13-22(27-23(17)28)24(29)26-19-6-4-5-18(25)14-19/h4-15,27H,3H2,1-2H3,(H,26,29). The number of nitrogens with zero attached hydrogens (tertiary/aromatic N) is 1. The van der Waals surface area contributed by atoms with E-state index >= 15 is 0 Å². The largest absolute Gasteiger partial charge is 0.491 e. The number of hydrogen-bond donors (Lipinski definition) is 2. The first-order chi connectivity index (χ1) is 14.4. The highest BCUT2D eigenvalue weighted by atomic mass is 35.5. The van der Waals surface area contributed by atoms with E-state index in [-0.39, 0.29) is 12.0 Å². The molecule has 4 rings (SSSR count). The van der Waals surface area contributed by atoms with E-state index in [1.54, 1.807) is 24.3 Å². The molecule has 0 saturated heterocycles. The number of aromatic amines is 1. The molecule has 0 bridgehead atoms. The summed E-state index contributed by atoms with van der Waals surface area (Å²) in [4.78, 5) is 18.0. The van der Waals surface area contributed by atoms with Crippen molar-refractivity contribution in [2.75, 3.05) is 10.2 Å². The molecule has 0 aliphatic carbocycles. The van der Waals surface area contributed by atoms with Gasteiger partial charge in [-0.05, 0) is 74.5 Å². The molecule has 0 spiro atoms. The van der Waals surface area contributed by atoms with Crippen molar-refractivity contribution in [2.24, 2.45) is 0 Å². The lowest BCUT2D eigenvalue weighted by Gasteiger charge is -2.27. The van der Waals surface area contributed by atoms with Crippen LogP contribution in [0.5, 0.6) is 5.75 Å². The number of benzene rings is 2.